The summed E-state index contributed by atoms with van der Waals surface area (Å²) in [7, 11) is 0. The predicted molar refractivity (Wildman–Crippen MR) is 128 cm³/mol. The largest absolute Gasteiger partial charge is 0.871 e. The van der Waals surface area contributed by atoms with Crippen LogP contribution in [-0.2, 0) is 11.3 Å². The molecule has 34 heavy (non-hydrogen) atoms. The van der Waals surface area contributed by atoms with Crippen molar-refractivity contribution in [1.82, 2.24) is 4.98 Å². The van der Waals surface area contributed by atoms with Crippen LogP contribution in [0.3, 0.4) is 0 Å². The van der Waals surface area contributed by atoms with E-state index >= 15 is 0 Å². The summed E-state index contributed by atoms with van der Waals surface area (Å²) in [5, 5.41) is 13.5. The number of carbonyl (C=O) groups excluding carboxylic acids is 1. The Balaban J connectivity index is 1.37. The quantitative estimate of drug-likeness (QED) is 0.423. The van der Waals surface area contributed by atoms with E-state index in [0.29, 0.717) is 24.0 Å². The van der Waals surface area contributed by atoms with Crippen molar-refractivity contribution in [2.45, 2.75) is 32.2 Å². The second-order valence-electron chi connectivity index (χ2n) is 9.14. The van der Waals surface area contributed by atoms with Crippen molar-refractivity contribution in [3.8, 4) is 0 Å². The van der Waals surface area contributed by atoms with E-state index in [9.17, 15) is 9.90 Å². The third-order valence-corrected chi connectivity index (χ3v) is 7.33. The lowest BCUT2D eigenvalue weighted by Crippen LogP contribution is -2.44. The molecule has 0 spiro atoms. The molecule has 0 saturated heterocycles. The van der Waals surface area contributed by atoms with Gasteiger partial charge in [-0.15, -0.1) is 0 Å². The van der Waals surface area contributed by atoms with Crippen LogP contribution < -0.4 is 14.6 Å². The van der Waals surface area contributed by atoms with E-state index in [1.54, 1.807) is 0 Å². The topological polar surface area (TPSA) is 72.5 Å². The molecule has 166 valence electrons. The number of anilines is 1. The summed E-state index contributed by atoms with van der Waals surface area (Å²) in [6, 6.07) is 16.0. The highest BCUT2D eigenvalue weighted by molar-refractivity contribution is 6.25. The molecule has 0 unspecified atom stereocenters. The first-order valence-electron chi connectivity index (χ1n) is 11.8. The molecule has 3 aliphatic heterocycles. The highest BCUT2D eigenvalue weighted by Gasteiger charge is 2.39. The number of Topliss-reactive ketones (excluding diaryl/α,β-unsaturated/α-hetero) is 1. The van der Waals surface area contributed by atoms with Crippen molar-refractivity contribution in [3.05, 3.63) is 88.6 Å². The molecule has 0 radical (unpaired) electrons. The summed E-state index contributed by atoms with van der Waals surface area (Å²) in [5.74, 6) is -0.253. The molecule has 0 atom stereocenters. The van der Waals surface area contributed by atoms with Gasteiger partial charge < -0.3 is 10.0 Å². The number of aromatic nitrogens is 2. The fourth-order valence-corrected chi connectivity index (χ4v) is 5.76. The fourth-order valence-electron chi connectivity index (χ4n) is 5.76. The molecule has 0 amide bonds. The van der Waals surface area contributed by atoms with Crippen molar-refractivity contribution < 1.29 is 14.5 Å². The number of fused-ring (bicyclic) bond motifs is 6. The van der Waals surface area contributed by atoms with Gasteiger partial charge in [0.05, 0.1) is 29.5 Å². The zero-order valence-corrected chi connectivity index (χ0v) is 18.6. The number of aryl methyl sites for hydroxylation is 1. The van der Waals surface area contributed by atoms with Crippen LogP contribution in [0, 0.1) is 0 Å². The Hall–Kier alpha value is -4.06. The second kappa shape index (κ2) is 7.22. The first-order valence-corrected chi connectivity index (χ1v) is 11.8. The number of aliphatic imine (C=N–C) groups is 1. The Morgan fingerprint density at radius 2 is 1.76 bits per heavy atom. The van der Waals surface area contributed by atoms with Crippen molar-refractivity contribution in [3.63, 3.8) is 0 Å². The average Bonchev–Trinajstić information content (AvgIpc) is 2.89. The molecule has 1 aromatic heterocycles. The van der Waals surface area contributed by atoms with Gasteiger partial charge in [0.2, 0.25) is 11.2 Å². The van der Waals surface area contributed by atoms with Crippen LogP contribution in [0.15, 0.2) is 87.9 Å². The molecule has 4 heterocycles. The zero-order valence-electron chi connectivity index (χ0n) is 18.6. The zero-order chi connectivity index (χ0) is 22.8. The maximum absolute atomic E-state index is 13.5. The van der Waals surface area contributed by atoms with E-state index < -0.39 is 0 Å². The van der Waals surface area contributed by atoms with Crippen LogP contribution in [0.25, 0.3) is 16.6 Å². The minimum atomic E-state index is -0.127. The van der Waals surface area contributed by atoms with Crippen LogP contribution in [0.4, 0.5) is 11.4 Å². The molecule has 0 saturated carbocycles. The first kappa shape index (κ1) is 19.4. The molecule has 2 aromatic carbocycles. The summed E-state index contributed by atoms with van der Waals surface area (Å²) < 4.78 is 2.20. The minimum Gasteiger partial charge on any atom is -0.871 e. The van der Waals surface area contributed by atoms with Crippen molar-refractivity contribution >= 4 is 40.0 Å². The Morgan fingerprint density at radius 1 is 0.941 bits per heavy atom. The molecule has 0 bridgehead atoms. The predicted octanol–water partition coefficient (Wildman–Crippen LogP) is 3.54. The molecule has 1 aliphatic carbocycles. The highest BCUT2D eigenvalue weighted by atomic mass is 16.3. The van der Waals surface area contributed by atoms with Gasteiger partial charge in [0.25, 0.3) is 0 Å². The summed E-state index contributed by atoms with van der Waals surface area (Å²) in [6.07, 6.45) is 6.85. The van der Waals surface area contributed by atoms with Gasteiger partial charge in [-0.3, -0.25) is 9.79 Å². The summed E-state index contributed by atoms with van der Waals surface area (Å²) in [6.45, 7) is 1.71. The summed E-state index contributed by atoms with van der Waals surface area (Å²) in [5.41, 5.74) is 8.04. The Morgan fingerprint density at radius 3 is 2.68 bits per heavy atom. The molecule has 4 aliphatic rings. The van der Waals surface area contributed by atoms with Gasteiger partial charge >= 0.3 is 0 Å². The van der Waals surface area contributed by atoms with Gasteiger partial charge in [0.1, 0.15) is 12.1 Å². The lowest BCUT2D eigenvalue weighted by Gasteiger charge is -2.40. The van der Waals surface area contributed by atoms with E-state index in [1.165, 1.54) is 0 Å². The molecule has 0 N–H and O–H groups in total. The van der Waals surface area contributed by atoms with Crippen LogP contribution in [-0.4, -0.2) is 23.5 Å². The van der Waals surface area contributed by atoms with Crippen LogP contribution in [0.2, 0.25) is 0 Å². The number of nitrogens with zero attached hydrogens (tertiary/aromatic N) is 4. The number of benzene rings is 2. The average molecular weight is 447 g/mol. The minimum absolute atomic E-state index is 0.127. The Bertz CT molecular complexity index is 1540. The van der Waals surface area contributed by atoms with Crippen LogP contribution in [0.5, 0.6) is 0 Å². The lowest BCUT2D eigenvalue weighted by atomic mass is 9.76. The molecular formula is C28H22N4O2. The summed E-state index contributed by atoms with van der Waals surface area (Å²) in [4.78, 5) is 24.9. The SMILES string of the molecule is O=C1C(C2=C3C=Nc4ccccc4N3CCC2)=C([O-])/C1=C1/CCC[n+]2c1cnc1ccccc12. The third-order valence-electron chi connectivity index (χ3n) is 7.33. The Kier molecular flexibility index (Phi) is 4.12. The number of hydrogen-bond acceptors (Lipinski definition) is 5. The van der Waals surface area contributed by atoms with Crippen molar-refractivity contribution in [1.29, 1.82) is 0 Å². The van der Waals surface area contributed by atoms with Gasteiger partial charge in [-0.05, 0) is 43.0 Å². The maximum atomic E-state index is 13.5. The third kappa shape index (κ3) is 2.62. The normalized spacial score (nSPS) is 21.4. The van der Waals surface area contributed by atoms with Gasteiger partial charge in [0, 0.05) is 35.8 Å². The molecule has 6 nitrogen and oxygen atoms in total. The summed E-state index contributed by atoms with van der Waals surface area (Å²) >= 11 is 0. The molecule has 3 aromatic rings. The molecule has 6 heteroatoms. The van der Waals surface area contributed by atoms with E-state index in [-0.39, 0.29) is 11.5 Å². The van der Waals surface area contributed by atoms with Crippen LogP contribution in [0.1, 0.15) is 31.4 Å². The first-order chi connectivity index (χ1) is 16.7. The molecular weight excluding hydrogens is 424 g/mol. The van der Waals surface area contributed by atoms with Crippen molar-refractivity contribution in [2.24, 2.45) is 4.99 Å². The molecule has 7 rings (SSSR count). The van der Waals surface area contributed by atoms with Gasteiger partial charge in [-0.2, -0.15) is 4.57 Å². The van der Waals surface area contributed by atoms with E-state index in [0.717, 1.165) is 70.9 Å². The number of allylic oxidation sites excluding steroid dienone is 5. The number of para-hydroxylation sites is 4. The highest BCUT2D eigenvalue weighted by Crippen LogP contribution is 2.45. The van der Waals surface area contributed by atoms with Gasteiger partial charge in [-0.1, -0.05) is 30.0 Å². The lowest BCUT2D eigenvalue weighted by molar-refractivity contribution is -0.677. The maximum Gasteiger partial charge on any atom is 0.231 e. The van der Waals surface area contributed by atoms with Gasteiger partial charge in [-0.25, -0.2) is 4.98 Å². The Labute approximate surface area is 196 Å². The standard InChI is InChI=1S/C28H22N4O2/c33-27-25(17-7-5-13-31-21-11-3-1-9-19(21)29-15-23(17)31)28(34)26(27)18-8-6-14-32-22-12-4-2-10-20(22)30-16-24(18)32/h1-4,9-12,15-16H,5-8,13-14H2. The fraction of sp³-hybridized carbons (Fsp3) is 0.214. The van der Waals surface area contributed by atoms with Crippen LogP contribution >= 0.6 is 0 Å². The van der Waals surface area contributed by atoms with E-state index in [1.807, 2.05) is 60.9 Å². The number of ketones is 1. The van der Waals surface area contributed by atoms with E-state index in [4.69, 9.17) is 0 Å². The number of carbonyl (C=O) groups is 1. The monoisotopic (exact) mass is 446 g/mol. The van der Waals surface area contributed by atoms with Gasteiger partial charge in [0.15, 0.2) is 5.78 Å². The number of hydrogen-bond donors (Lipinski definition) is 0. The number of rotatable bonds is 1. The second-order valence-corrected chi connectivity index (χ2v) is 9.14. The smallest absolute Gasteiger partial charge is 0.231 e. The van der Waals surface area contributed by atoms with E-state index in [2.05, 4.69) is 19.4 Å². The van der Waals surface area contributed by atoms with Crippen molar-refractivity contribution in [2.75, 3.05) is 11.4 Å². The molecule has 0 fully saturated rings.